The van der Waals surface area contributed by atoms with Crippen molar-refractivity contribution in [2.75, 3.05) is 13.2 Å². The molecule has 1 aliphatic heterocycles. The molecule has 1 fully saturated rings. The largest absolute Gasteiger partial charge is 0.494 e. The van der Waals surface area contributed by atoms with Crippen molar-refractivity contribution in [1.82, 2.24) is 14.7 Å². The fourth-order valence-corrected chi connectivity index (χ4v) is 4.76. The van der Waals surface area contributed by atoms with Gasteiger partial charge in [-0.15, -0.1) is 0 Å². The molecular weight excluding hydrogens is 438 g/mol. The molecule has 0 spiro atoms. The Labute approximate surface area is 198 Å². The van der Waals surface area contributed by atoms with Gasteiger partial charge in [-0.3, -0.25) is 9.69 Å². The number of carbonyl (C=O) groups excluding carboxylic acids is 1. The van der Waals surface area contributed by atoms with E-state index in [1.807, 2.05) is 78.5 Å². The van der Waals surface area contributed by atoms with Crippen LogP contribution in [0.15, 0.2) is 65.7 Å². The van der Waals surface area contributed by atoms with Gasteiger partial charge in [0.1, 0.15) is 10.1 Å². The summed E-state index contributed by atoms with van der Waals surface area (Å²) in [4.78, 5) is 15.0. The van der Waals surface area contributed by atoms with Crippen molar-refractivity contribution < 1.29 is 9.53 Å². The normalized spacial score (nSPS) is 15.1. The van der Waals surface area contributed by atoms with Crippen molar-refractivity contribution in [3.8, 4) is 22.7 Å². The smallest absolute Gasteiger partial charge is 0.266 e. The number of aromatic nitrogens is 2. The Bertz CT molecular complexity index is 1140. The monoisotopic (exact) mass is 463 g/mol. The van der Waals surface area contributed by atoms with Crippen LogP contribution < -0.4 is 4.74 Å². The predicted octanol–water partition coefficient (Wildman–Crippen LogP) is 5.94. The van der Waals surface area contributed by atoms with E-state index in [1.54, 1.807) is 4.90 Å². The second kappa shape index (κ2) is 10.1. The number of benzene rings is 2. The van der Waals surface area contributed by atoms with Crippen LogP contribution in [-0.2, 0) is 4.79 Å². The Hall–Kier alpha value is -2.90. The molecule has 7 heteroatoms. The number of nitrogens with zero attached hydrogens (tertiary/aromatic N) is 3. The Morgan fingerprint density at radius 3 is 2.50 bits per heavy atom. The molecule has 5 nitrogen and oxygen atoms in total. The quantitative estimate of drug-likeness (QED) is 0.235. The molecule has 0 aliphatic carbocycles. The van der Waals surface area contributed by atoms with E-state index in [4.69, 9.17) is 22.1 Å². The van der Waals surface area contributed by atoms with Crippen molar-refractivity contribution in [1.29, 1.82) is 0 Å². The third-order valence-electron chi connectivity index (χ3n) is 5.13. The molecule has 0 bridgehead atoms. The van der Waals surface area contributed by atoms with Crippen LogP contribution in [0.3, 0.4) is 0 Å². The summed E-state index contributed by atoms with van der Waals surface area (Å²) in [6.45, 7) is 5.35. The first-order valence-corrected chi connectivity index (χ1v) is 12.0. The first-order chi connectivity index (χ1) is 15.6. The third kappa shape index (κ3) is 4.79. The van der Waals surface area contributed by atoms with Gasteiger partial charge in [0.2, 0.25) is 0 Å². The Balaban J connectivity index is 1.71. The van der Waals surface area contributed by atoms with E-state index in [-0.39, 0.29) is 5.91 Å². The highest BCUT2D eigenvalue weighted by Crippen LogP contribution is 2.35. The highest BCUT2D eigenvalue weighted by Gasteiger charge is 2.31. The van der Waals surface area contributed by atoms with E-state index in [0.717, 1.165) is 41.1 Å². The topological polar surface area (TPSA) is 47.4 Å². The van der Waals surface area contributed by atoms with Crippen molar-refractivity contribution in [3.05, 3.63) is 71.3 Å². The number of hydrogen-bond acceptors (Lipinski definition) is 5. The molecule has 32 heavy (non-hydrogen) atoms. The minimum Gasteiger partial charge on any atom is -0.494 e. The SMILES string of the molecule is CCCCOc1ccc(-c2nn(-c3ccccc3)cc2/C=C2\SC(=S)N(CC)C2=O)cc1. The maximum absolute atomic E-state index is 12.8. The molecular formula is C25H25N3O2S2. The lowest BCUT2D eigenvalue weighted by Crippen LogP contribution is -2.27. The van der Waals surface area contributed by atoms with E-state index in [9.17, 15) is 4.79 Å². The Kier molecular flexibility index (Phi) is 7.07. The molecule has 2 heterocycles. The number of likely N-dealkylation sites (N-methyl/N-ethyl adjacent to an activating group) is 1. The van der Waals surface area contributed by atoms with Crippen LogP contribution in [0.1, 0.15) is 32.3 Å². The van der Waals surface area contributed by atoms with Crippen molar-refractivity contribution in [2.45, 2.75) is 26.7 Å². The molecule has 4 rings (SSSR count). The first-order valence-electron chi connectivity index (χ1n) is 10.7. The second-order valence-electron chi connectivity index (χ2n) is 7.37. The molecule has 0 saturated carbocycles. The summed E-state index contributed by atoms with van der Waals surface area (Å²) in [5, 5.41) is 4.85. The lowest BCUT2D eigenvalue weighted by atomic mass is 10.1. The molecule has 1 amide bonds. The number of carbonyl (C=O) groups is 1. The van der Waals surface area contributed by atoms with Crippen LogP contribution >= 0.6 is 24.0 Å². The minimum atomic E-state index is -0.0550. The number of ether oxygens (including phenoxy) is 1. The van der Waals surface area contributed by atoms with E-state index < -0.39 is 0 Å². The van der Waals surface area contributed by atoms with E-state index >= 15 is 0 Å². The van der Waals surface area contributed by atoms with E-state index in [1.165, 1.54) is 11.8 Å². The van der Waals surface area contributed by atoms with E-state index in [2.05, 4.69) is 6.92 Å². The summed E-state index contributed by atoms with van der Waals surface area (Å²) in [7, 11) is 0. The fourth-order valence-electron chi connectivity index (χ4n) is 3.39. The maximum Gasteiger partial charge on any atom is 0.266 e. The zero-order valence-corrected chi connectivity index (χ0v) is 19.8. The highest BCUT2D eigenvalue weighted by molar-refractivity contribution is 8.26. The van der Waals surface area contributed by atoms with Crippen molar-refractivity contribution in [3.63, 3.8) is 0 Å². The molecule has 0 unspecified atom stereocenters. The number of thioether (sulfide) groups is 1. The van der Waals surface area contributed by atoms with Crippen LogP contribution in [0.2, 0.25) is 0 Å². The first kappa shape index (κ1) is 22.3. The van der Waals surface area contributed by atoms with Gasteiger partial charge in [0.15, 0.2) is 0 Å². The number of thiocarbonyl (C=S) groups is 1. The second-order valence-corrected chi connectivity index (χ2v) is 9.04. The molecule has 2 aromatic carbocycles. The van der Waals surface area contributed by atoms with Crippen LogP contribution in [0.5, 0.6) is 5.75 Å². The van der Waals surface area contributed by atoms with Crippen LogP contribution in [0.25, 0.3) is 23.0 Å². The molecule has 0 N–H and O–H groups in total. The standard InChI is InChI=1S/C25H25N3O2S2/c1-3-5-15-30-21-13-11-18(12-14-21)23-19(16-22-24(29)27(4-2)25(31)32-22)17-28(26-23)20-9-7-6-8-10-20/h6-14,16-17H,3-5,15H2,1-2H3/b22-16-. The summed E-state index contributed by atoms with van der Waals surface area (Å²) in [5.41, 5.74) is 3.58. The van der Waals surface area contributed by atoms with Gasteiger partial charge < -0.3 is 4.74 Å². The molecule has 0 radical (unpaired) electrons. The lowest BCUT2D eigenvalue weighted by Gasteiger charge is -2.09. The van der Waals surface area contributed by atoms with Gasteiger partial charge in [-0.2, -0.15) is 5.10 Å². The Morgan fingerprint density at radius 2 is 1.84 bits per heavy atom. The summed E-state index contributed by atoms with van der Waals surface area (Å²) >= 11 is 6.70. The summed E-state index contributed by atoms with van der Waals surface area (Å²) < 4.78 is 8.23. The van der Waals surface area contributed by atoms with Gasteiger partial charge in [-0.1, -0.05) is 55.5 Å². The zero-order valence-electron chi connectivity index (χ0n) is 18.2. The predicted molar refractivity (Wildman–Crippen MR) is 135 cm³/mol. The summed E-state index contributed by atoms with van der Waals surface area (Å²) in [5.74, 6) is 0.788. The molecule has 164 valence electrons. The summed E-state index contributed by atoms with van der Waals surface area (Å²) in [6.07, 6.45) is 5.98. The molecule has 0 atom stereocenters. The minimum absolute atomic E-state index is 0.0550. The number of unbranched alkanes of at least 4 members (excludes halogenated alkanes) is 1. The zero-order chi connectivity index (χ0) is 22.5. The average molecular weight is 464 g/mol. The van der Waals surface area contributed by atoms with Gasteiger partial charge >= 0.3 is 0 Å². The van der Waals surface area contributed by atoms with Crippen LogP contribution in [0, 0.1) is 0 Å². The van der Waals surface area contributed by atoms with Gasteiger partial charge in [0.25, 0.3) is 5.91 Å². The number of amides is 1. The number of rotatable bonds is 8. The van der Waals surface area contributed by atoms with Crippen LogP contribution in [0.4, 0.5) is 0 Å². The number of hydrogen-bond donors (Lipinski definition) is 0. The lowest BCUT2D eigenvalue weighted by molar-refractivity contribution is -0.121. The van der Waals surface area contributed by atoms with E-state index in [0.29, 0.717) is 22.4 Å². The molecule has 3 aromatic rings. The van der Waals surface area contributed by atoms with Gasteiger partial charge in [0, 0.05) is 23.9 Å². The van der Waals surface area contributed by atoms with Gasteiger partial charge in [-0.25, -0.2) is 4.68 Å². The highest BCUT2D eigenvalue weighted by atomic mass is 32.2. The van der Waals surface area contributed by atoms with Gasteiger partial charge in [0.05, 0.1) is 22.9 Å². The third-order valence-corrected chi connectivity index (χ3v) is 6.51. The Morgan fingerprint density at radius 1 is 1.09 bits per heavy atom. The summed E-state index contributed by atoms with van der Waals surface area (Å²) in [6, 6.07) is 17.9. The average Bonchev–Trinajstić information content (AvgIpc) is 3.35. The van der Waals surface area contributed by atoms with Crippen molar-refractivity contribution in [2.24, 2.45) is 0 Å². The number of para-hydroxylation sites is 1. The van der Waals surface area contributed by atoms with Gasteiger partial charge in [-0.05, 0) is 55.8 Å². The molecule has 1 aliphatic rings. The van der Waals surface area contributed by atoms with Crippen LogP contribution in [-0.4, -0.2) is 38.1 Å². The van der Waals surface area contributed by atoms with Crippen molar-refractivity contribution >= 4 is 40.3 Å². The molecule has 1 saturated heterocycles. The molecule has 1 aromatic heterocycles. The fraction of sp³-hybridized carbons (Fsp3) is 0.240. The maximum atomic E-state index is 12.8.